The standard InChI is InChI=1S/C33H57N2/c1-4-5-6-7-8-9-10-11-12-13-14-15-16-17-18-22-27-34-29-30-35(33(34)31(2)3)28-23-26-32-24-20-19-21-25-32/h19-21,24-25,29-31H,4-18,22-23,26-28H2,1-3H3/q+1. The summed E-state index contributed by atoms with van der Waals surface area (Å²) < 4.78 is 5.02. The highest BCUT2D eigenvalue weighted by Crippen LogP contribution is 2.16. The van der Waals surface area contributed by atoms with Crippen molar-refractivity contribution in [2.24, 2.45) is 0 Å². The van der Waals surface area contributed by atoms with E-state index in [1.165, 1.54) is 127 Å². The molecule has 1 aromatic heterocycles. The van der Waals surface area contributed by atoms with Gasteiger partial charge in [0.2, 0.25) is 0 Å². The molecule has 198 valence electrons. The van der Waals surface area contributed by atoms with Crippen LogP contribution < -0.4 is 4.57 Å². The van der Waals surface area contributed by atoms with Gasteiger partial charge in [-0.05, 0) is 31.2 Å². The molecule has 1 aromatic carbocycles. The molecular formula is C33H57N2+. The average molecular weight is 482 g/mol. The molecule has 0 aliphatic rings. The lowest BCUT2D eigenvalue weighted by atomic mass is 10.0. The van der Waals surface area contributed by atoms with Gasteiger partial charge in [-0.2, -0.15) is 0 Å². The fourth-order valence-electron chi connectivity index (χ4n) is 5.45. The van der Waals surface area contributed by atoms with Gasteiger partial charge in [-0.1, -0.05) is 141 Å². The van der Waals surface area contributed by atoms with Gasteiger partial charge in [-0.3, -0.25) is 0 Å². The van der Waals surface area contributed by atoms with Gasteiger partial charge in [-0.15, -0.1) is 0 Å². The maximum atomic E-state index is 2.52. The second kappa shape index (κ2) is 19.6. The maximum Gasteiger partial charge on any atom is 0.258 e. The summed E-state index contributed by atoms with van der Waals surface area (Å²) in [5.74, 6) is 2.07. The predicted octanol–water partition coefficient (Wildman–Crippen LogP) is 9.79. The fraction of sp³-hybridized carbons (Fsp3) is 0.727. The van der Waals surface area contributed by atoms with Crippen molar-refractivity contribution in [2.75, 3.05) is 0 Å². The minimum atomic E-state index is 0.572. The van der Waals surface area contributed by atoms with Crippen molar-refractivity contribution in [3.05, 3.63) is 54.1 Å². The Balaban J connectivity index is 1.48. The van der Waals surface area contributed by atoms with Crippen LogP contribution in [0.5, 0.6) is 0 Å². The van der Waals surface area contributed by atoms with Crippen LogP contribution in [0, 0.1) is 0 Å². The van der Waals surface area contributed by atoms with Gasteiger partial charge >= 0.3 is 0 Å². The zero-order valence-electron chi connectivity index (χ0n) is 23.7. The van der Waals surface area contributed by atoms with Crippen molar-refractivity contribution in [3.8, 4) is 0 Å². The van der Waals surface area contributed by atoms with E-state index < -0.39 is 0 Å². The highest BCUT2D eigenvalue weighted by Gasteiger charge is 2.20. The van der Waals surface area contributed by atoms with Gasteiger partial charge < -0.3 is 0 Å². The van der Waals surface area contributed by atoms with Gasteiger partial charge in [0.05, 0.1) is 19.0 Å². The number of rotatable bonds is 22. The lowest BCUT2D eigenvalue weighted by Gasteiger charge is -2.08. The molecule has 2 aromatic rings. The van der Waals surface area contributed by atoms with E-state index in [0.717, 1.165) is 13.0 Å². The molecule has 0 bridgehead atoms. The molecule has 0 spiro atoms. The van der Waals surface area contributed by atoms with Crippen molar-refractivity contribution in [3.63, 3.8) is 0 Å². The molecule has 2 nitrogen and oxygen atoms in total. The van der Waals surface area contributed by atoms with Crippen LogP contribution in [0.15, 0.2) is 42.7 Å². The zero-order valence-corrected chi connectivity index (χ0v) is 23.7. The SMILES string of the molecule is CCCCCCCCCCCCCCCCCCn1cc[n+](CCCc2ccccc2)c1C(C)C. The van der Waals surface area contributed by atoms with Gasteiger partial charge in [-0.25, -0.2) is 9.13 Å². The van der Waals surface area contributed by atoms with E-state index in [1.54, 1.807) is 0 Å². The number of nitrogens with zero attached hydrogens (tertiary/aromatic N) is 2. The number of aryl methyl sites for hydroxylation is 3. The second-order valence-corrected chi connectivity index (χ2v) is 11.1. The van der Waals surface area contributed by atoms with E-state index in [9.17, 15) is 0 Å². The Labute approximate surface area is 218 Å². The quantitative estimate of drug-likeness (QED) is 0.117. The van der Waals surface area contributed by atoms with Crippen molar-refractivity contribution in [1.29, 1.82) is 0 Å². The number of hydrogen-bond acceptors (Lipinski definition) is 0. The number of unbranched alkanes of at least 4 members (excludes halogenated alkanes) is 15. The molecule has 35 heavy (non-hydrogen) atoms. The van der Waals surface area contributed by atoms with Gasteiger partial charge in [0.1, 0.15) is 12.4 Å². The van der Waals surface area contributed by atoms with Crippen LogP contribution >= 0.6 is 0 Å². The molecule has 0 saturated heterocycles. The predicted molar refractivity (Wildman–Crippen MR) is 153 cm³/mol. The molecular weight excluding hydrogens is 424 g/mol. The summed E-state index contributed by atoms with van der Waals surface area (Å²) in [5.41, 5.74) is 1.45. The van der Waals surface area contributed by atoms with Crippen molar-refractivity contribution in [2.45, 2.75) is 155 Å². The Bertz CT molecular complexity index is 731. The van der Waals surface area contributed by atoms with Crippen LogP contribution in [0.4, 0.5) is 0 Å². The normalized spacial score (nSPS) is 11.5. The lowest BCUT2D eigenvalue weighted by molar-refractivity contribution is -0.705. The van der Waals surface area contributed by atoms with E-state index in [2.05, 4.69) is 72.6 Å². The van der Waals surface area contributed by atoms with Crippen molar-refractivity contribution in [1.82, 2.24) is 4.57 Å². The Hall–Kier alpha value is -1.57. The molecule has 0 amide bonds. The Morgan fingerprint density at radius 3 is 1.69 bits per heavy atom. The highest BCUT2D eigenvalue weighted by molar-refractivity contribution is 5.14. The van der Waals surface area contributed by atoms with E-state index in [0.29, 0.717) is 5.92 Å². The lowest BCUT2D eigenvalue weighted by Crippen LogP contribution is -2.38. The zero-order chi connectivity index (χ0) is 25.0. The monoisotopic (exact) mass is 481 g/mol. The molecule has 0 fully saturated rings. The summed E-state index contributed by atoms with van der Waals surface area (Å²) in [7, 11) is 0. The third kappa shape index (κ3) is 13.3. The summed E-state index contributed by atoms with van der Waals surface area (Å²) in [6.45, 7) is 9.28. The molecule has 0 radical (unpaired) electrons. The third-order valence-electron chi connectivity index (χ3n) is 7.49. The summed E-state index contributed by atoms with van der Waals surface area (Å²) in [4.78, 5) is 0. The second-order valence-electron chi connectivity index (χ2n) is 11.1. The van der Waals surface area contributed by atoms with Crippen LogP contribution in [0.3, 0.4) is 0 Å². The smallest absolute Gasteiger partial charge is 0.234 e. The summed E-state index contributed by atoms with van der Waals surface area (Å²) >= 11 is 0. The van der Waals surface area contributed by atoms with Crippen LogP contribution in [0.1, 0.15) is 147 Å². The number of benzene rings is 1. The van der Waals surface area contributed by atoms with Crippen LogP contribution in [0.25, 0.3) is 0 Å². The van der Waals surface area contributed by atoms with E-state index in [1.807, 2.05) is 0 Å². The fourth-order valence-corrected chi connectivity index (χ4v) is 5.45. The minimum absolute atomic E-state index is 0.572. The Morgan fingerprint density at radius 2 is 1.17 bits per heavy atom. The number of hydrogen-bond donors (Lipinski definition) is 0. The van der Waals surface area contributed by atoms with Gasteiger partial charge in [0, 0.05) is 0 Å². The van der Waals surface area contributed by atoms with E-state index >= 15 is 0 Å². The van der Waals surface area contributed by atoms with Crippen LogP contribution in [-0.4, -0.2) is 4.57 Å². The summed E-state index contributed by atoms with van der Waals surface area (Å²) in [6, 6.07) is 10.9. The first-order valence-corrected chi connectivity index (χ1v) is 15.3. The van der Waals surface area contributed by atoms with E-state index in [4.69, 9.17) is 0 Å². The maximum absolute atomic E-state index is 2.52. The molecule has 0 aliphatic heterocycles. The van der Waals surface area contributed by atoms with Crippen molar-refractivity contribution < 1.29 is 4.57 Å². The molecule has 2 rings (SSSR count). The topological polar surface area (TPSA) is 8.81 Å². The first-order valence-electron chi connectivity index (χ1n) is 15.3. The molecule has 0 aliphatic carbocycles. The summed E-state index contributed by atoms with van der Waals surface area (Å²) in [5, 5.41) is 0. The average Bonchev–Trinajstić information content (AvgIpc) is 3.27. The largest absolute Gasteiger partial charge is 0.258 e. The molecule has 1 heterocycles. The van der Waals surface area contributed by atoms with Crippen LogP contribution in [0.2, 0.25) is 0 Å². The Morgan fingerprint density at radius 1 is 0.657 bits per heavy atom. The Kier molecular flexibility index (Phi) is 16.6. The third-order valence-corrected chi connectivity index (χ3v) is 7.49. The van der Waals surface area contributed by atoms with Gasteiger partial charge in [0.15, 0.2) is 0 Å². The molecule has 0 unspecified atom stereocenters. The first kappa shape index (κ1) is 29.7. The minimum Gasteiger partial charge on any atom is -0.234 e. The summed E-state index contributed by atoms with van der Waals surface area (Å²) in [6.07, 6.45) is 29.9. The highest BCUT2D eigenvalue weighted by atomic mass is 15.1. The van der Waals surface area contributed by atoms with Crippen LogP contribution in [-0.2, 0) is 19.5 Å². The molecule has 0 saturated carbocycles. The first-order chi connectivity index (χ1) is 17.2. The number of aromatic nitrogens is 2. The van der Waals surface area contributed by atoms with Gasteiger partial charge in [0.25, 0.3) is 5.82 Å². The van der Waals surface area contributed by atoms with E-state index in [-0.39, 0.29) is 0 Å². The molecule has 2 heteroatoms. The molecule has 0 atom stereocenters. The number of imidazole rings is 1. The van der Waals surface area contributed by atoms with Crippen molar-refractivity contribution >= 4 is 0 Å². The molecule has 0 N–H and O–H groups in total.